The Hall–Kier alpha value is -2.86. The average Bonchev–Trinajstić information content (AvgIpc) is 2.76. The van der Waals surface area contributed by atoms with Crippen molar-refractivity contribution in [3.05, 3.63) is 82.6 Å². The van der Waals surface area contributed by atoms with E-state index in [1.807, 2.05) is 48.8 Å². The Morgan fingerprint density at radius 2 is 1.59 bits per heavy atom. The van der Waals surface area contributed by atoms with Crippen molar-refractivity contribution in [3.8, 4) is 0 Å². The molecule has 1 aliphatic heterocycles. The van der Waals surface area contributed by atoms with Gasteiger partial charge in [0.2, 0.25) is 0 Å². The van der Waals surface area contributed by atoms with Crippen LogP contribution >= 0.6 is 15.9 Å². The van der Waals surface area contributed by atoms with Crippen molar-refractivity contribution < 1.29 is 4.79 Å². The summed E-state index contributed by atoms with van der Waals surface area (Å²) in [4.78, 5) is 21.5. The highest BCUT2D eigenvalue weighted by atomic mass is 79.9. The molecule has 1 fully saturated rings. The van der Waals surface area contributed by atoms with Gasteiger partial charge in [-0.25, -0.2) is 0 Å². The number of hydrogen-bond donors (Lipinski definition) is 1. The number of hydrogen-bond acceptors (Lipinski definition) is 4. The Kier molecular flexibility index (Phi) is 5.81. The van der Waals surface area contributed by atoms with Crippen LogP contribution in [0.5, 0.6) is 0 Å². The van der Waals surface area contributed by atoms with Crippen molar-refractivity contribution in [1.82, 2.24) is 4.98 Å². The minimum Gasteiger partial charge on any atom is -0.368 e. The largest absolute Gasteiger partial charge is 0.368 e. The van der Waals surface area contributed by atoms with Gasteiger partial charge in [0, 0.05) is 65.7 Å². The zero-order valence-corrected chi connectivity index (χ0v) is 17.9. The summed E-state index contributed by atoms with van der Waals surface area (Å²) in [6.45, 7) is 5.86. The van der Waals surface area contributed by atoms with E-state index in [2.05, 4.69) is 61.2 Å². The summed E-state index contributed by atoms with van der Waals surface area (Å²) in [5.41, 5.74) is 4.98. The smallest absolute Gasteiger partial charge is 0.255 e. The molecule has 1 amide bonds. The Bertz CT molecular complexity index is 984. The first-order valence-electron chi connectivity index (χ1n) is 9.68. The fourth-order valence-electron chi connectivity index (χ4n) is 3.66. The molecule has 0 unspecified atom stereocenters. The van der Waals surface area contributed by atoms with Gasteiger partial charge in [-0.15, -0.1) is 0 Å². The third kappa shape index (κ3) is 4.43. The van der Waals surface area contributed by atoms with Crippen LogP contribution < -0.4 is 15.1 Å². The summed E-state index contributed by atoms with van der Waals surface area (Å²) in [5, 5.41) is 3.06. The first-order valence-corrected chi connectivity index (χ1v) is 10.5. The van der Waals surface area contributed by atoms with Gasteiger partial charge in [-0.3, -0.25) is 9.78 Å². The van der Waals surface area contributed by atoms with E-state index in [0.29, 0.717) is 5.56 Å². The average molecular weight is 451 g/mol. The molecular formula is C23H23BrN4O. The second-order valence-corrected chi connectivity index (χ2v) is 8.01. The topological polar surface area (TPSA) is 48.5 Å². The summed E-state index contributed by atoms with van der Waals surface area (Å²) in [6, 6.07) is 17.6. The molecule has 29 heavy (non-hydrogen) atoms. The molecule has 3 aromatic rings. The minimum atomic E-state index is -0.0970. The molecule has 1 saturated heterocycles. The molecule has 1 N–H and O–H groups in total. The highest BCUT2D eigenvalue weighted by molar-refractivity contribution is 9.10. The van der Waals surface area contributed by atoms with Crippen LogP contribution in [0.1, 0.15) is 15.9 Å². The summed E-state index contributed by atoms with van der Waals surface area (Å²) >= 11 is 3.40. The maximum absolute atomic E-state index is 12.6. The monoisotopic (exact) mass is 450 g/mol. The molecular weight excluding hydrogens is 428 g/mol. The van der Waals surface area contributed by atoms with Gasteiger partial charge < -0.3 is 15.1 Å². The highest BCUT2D eigenvalue weighted by Gasteiger charge is 2.20. The molecule has 2 aromatic carbocycles. The van der Waals surface area contributed by atoms with Crippen LogP contribution in [0.2, 0.25) is 0 Å². The number of carbonyl (C=O) groups is 1. The summed E-state index contributed by atoms with van der Waals surface area (Å²) in [7, 11) is 0. The first kappa shape index (κ1) is 19.5. The van der Waals surface area contributed by atoms with E-state index in [9.17, 15) is 4.79 Å². The summed E-state index contributed by atoms with van der Waals surface area (Å²) in [6.07, 6.45) is 3.67. The van der Waals surface area contributed by atoms with Crippen molar-refractivity contribution in [2.24, 2.45) is 0 Å². The normalized spacial score (nSPS) is 14.0. The predicted molar refractivity (Wildman–Crippen MR) is 122 cm³/mol. The van der Waals surface area contributed by atoms with Gasteiger partial charge in [-0.1, -0.05) is 22.0 Å². The molecule has 0 atom stereocenters. The highest BCUT2D eigenvalue weighted by Crippen LogP contribution is 2.29. The number of anilines is 3. The van der Waals surface area contributed by atoms with Crippen LogP contribution in [0.3, 0.4) is 0 Å². The number of carbonyl (C=O) groups excluding carboxylic acids is 1. The van der Waals surface area contributed by atoms with E-state index in [1.54, 1.807) is 0 Å². The van der Waals surface area contributed by atoms with Gasteiger partial charge in [-0.2, -0.15) is 0 Å². The molecule has 1 aliphatic rings. The van der Waals surface area contributed by atoms with E-state index in [4.69, 9.17) is 0 Å². The van der Waals surface area contributed by atoms with E-state index < -0.39 is 0 Å². The van der Waals surface area contributed by atoms with E-state index >= 15 is 0 Å². The molecule has 0 aliphatic carbocycles. The molecule has 148 valence electrons. The fourth-order valence-corrected chi connectivity index (χ4v) is 3.92. The second-order valence-electron chi connectivity index (χ2n) is 7.09. The Balaban J connectivity index is 1.46. The number of aromatic nitrogens is 1. The van der Waals surface area contributed by atoms with Crippen molar-refractivity contribution >= 4 is 38.9 Å². The summed E-state index contributed by atoms with van der Waals surface area (Å²) < 4.78 is 0.957. The zero-order chi connectivity index (χ0) is 20.2. The molecule has 4 rings (SSSR count). The Morgan fingerprint density at radius 3 is 2.28 bits per heavy atom. The molecule has 0 bridgehead atoms. The lowest BCUT2D eigenvalue weighted by Crippen LogP contribution is -2.46. The molecule has 0 spiro atoms. The summed E-state index contributed by atoms with van der Waals surface area (Å²) in [5.74, 6) is -0.0970. The number of rotatable bonds is 4. The predicted octanol–water partition coefficient (Wildman–Crippen LogP) is 4.73. The number of benzene rings is 2. The van der Waals surface area contributed by atoms with Gasteiger partial charge in [0.25, 0.3) is 5.91 Å². The number of piperazine rings is 1. The number of nitrogens with one attached hydrogen (secondary N) is 1. The number of amides is 1. The second kappa shape index (κ2) is 8.66. The zero-order valence-electron chi connectivity index (χ0n) is 16.3. The van der Waals surface area contributed by atoms with Crippen LogP contribution in [0.15, 0.2) is 71.5 Å². The quantitative estimate of drug-likeness (QED) is 0.623. The number of nitrogens with zero attached hydrogens (tertiary/aromatic N) is 3. The fraction of sp³-hybridized carbons (Fsp3) is 0.217. The molecule has 1 aromatic heterocycles. The van der Waals surface area contributed by atoms with Crippen LogP contribution in [0.4, 0.5) is 17.1 Å². The minimum absolute atomic E-state index is 0.0970. The van der Waals surface area contributed by atoms with Gasteiger partial charge in [0.05, 0.1) is 0 Å². The van der Waals surface area contributed by atoms with Crippen molar-refractivity contribution in [2.75, 3.05) is 41.3 Å². The van der Waals surface area contributed by atoms with E-state index in [0.717, 1.165) is 41.9 Å². The van der Waals surface area contributed by atoms with Crippen molar-refractivity contribution in [2.45, 2.75) is 6.92 Å². The maximum atomic E-state index is 12.6. The van der Waals surface area contributed by atoms with Gasteiger partial charge in [0.15, 0.2) is 0 Å². The lowest BCUT2D eigenvalue weighted by Gasteiger charge is -2.38. The Morgan fingerprint density at radius 1 is 0.931 bits per heavy atom. The molecule has 0 saturated carbocycles. The first-order chi connectivity index (χ1) is 14.1. The maximum Gasteiger partial charge on any atom is 0.255 e. The SMILES string of the molecule is Cc1c(NC(=O)c2ccc(Br)cc2)cccc1N1CCN(c2ccncc2)CC1. The van der Waals surface area contributed by atoms with Crippen LogP contribution in [-0.4, -0.2) is 37.1 Å². The molecule has 6 heteroatoms. The molecule has 2 heterocycles. The lowest BCUT2D eigenvalue weighted by molar-refractivity contribution is 0.102. The lowest BCUT2D eigenvalue weighted by atomic mass is 10.1. The van der Waals surface area contributed by atoms with Gasteiger partial charge >= 0.3 is 0 Å². The van der Waals surface area contributed by atoms with Crippen molar-refractivity contribution in [1.29, 1.82) is 0 Å². The van der Waals surface area contributed by atoms with Crippen LogP contribution in [-0.2, 0) is 0 Å². The third-order valence-electron chi connectivity index (χ3n) is 5.31. The van der Waals surface area contributed by atoms with E-state index in [-0.39, 0.29) is 5.91 Å². The van der Waals surface area contributed by atoms with Crippen molar-refractivity contribution in [3.63, 3.8) is 0 Å². The number of pyridine rings is 1. The Labute approximate surface area is 179 Å². The van der Waals surface area contributed by atoms with Gasteiger partial charge in [-0.05, 0) is 61.0 Å². The molecule has 5 nitrogen and oxygen atoms in total. The van der Waals surface area contributed by atoms with Crippen LogP contribution in [0, 0.1) is 6.92 Å². The van der Waals surface area contributed by atoms with Gasteiger partial charge in [0.1, 0.15) is 0 Å². The third-order valence-corrected chi connectivity index (χ3v) is 5.84. The van der Waals surface area contributed by atoms with Crippen LogP contribution in [0.25, 0.3) is 0 Å². The van der Waals surface area contributed by atoms with E-state index in [1.165, 1.54) is 11.4 Å². The molecule has 0 radical (unpaired) electrons. The standard InChI is InChI=1S/C23H23BrN4O/c1-17-21(26-23(29)18-5-7-19(24)8-6-18)3-2-4-22(17)28-15-13-27(14-16-28)20-9-11-25-12-10-20/h2-12H,13-16H2,1H3,(H,26,29). The number of halogens is 1.